The van der Waals surface area contributed by atoms with E-state index in [-0.39, 0.29) is 24.4 Å². The molecule has 5 heteroatoms. The molecule has 0 spiro atoms. The number of amides is 1. The second-order valence-electron chi connectivity index (χ2n) is 6.01. The first-order chi connectivity index (χ1) is 9.65. The minimum atomic E-state index is 0. The predicted octanol–water partition coefficient (Wildman–Crippen LogP) is 3.27. The Morgan fingerprint density at radius 1 is 1.33 bits per heavy atom. The van der Waals surface area contributed by atoms with Crippen LogP contribution in [0.2, 0.25) is 0 Å². The molecule has 2 aliphatic rings. The molecule has 3 rings (SSSR count). The number of carbonyl (C=O) groups is 1. The maximum atomic E-state index is 12.7. The molecule has 21 heavy (non-hydrogen) atoms. The number of nitrogens with zero attached hydrogens (tertiary/aromatic N) is 1. The van der Waals surface area contributed by atoms with Crippen molar-refractivity contribution in [3.05, 3.63) is 33.8 Å². The van der Waals surface area contributed by atoms with Gasteiger partial charge in [-0.15, -0.1) is 12.4 Å². The van der Waals surface area contributed by atoms with Crippen molar-refractivity contribution in [1.29, 1.82) is 0 Å². The van der Waals surface area contributed by atoms with E-state index < -0.39 is 0 Å². The second-order valence-corrected chi connectivity index (χ2v) is 6.87. The molecule has 1 aromatic rings. The minimum absolute atomic E-state index is 0. The highest BCUT2D eigenvalue weighted by molar-refractivity contribution is 9.10. The summed E-state index contributed by atoms with van der Waals surface area (Å²) < 4.78 is 1.17. The van der Waals surface area contributed by atoms with Gasteiger partial charge in [0.2, 0.25) is 5.91 Å². The van der Waals surface area contributed by atoms with Crippen LogP contribution < -0.4 is 5.73 Å². The molecule has 1 fully saturated rings. The molecule has 0 bridgehead atoms. The van der Waals surface area contributed by atoms with Gasteiger partial charge in [0, 0.05) is 29.5 Å². The van der Waals surface area contributed by atoms with E-state index in [0.29, 0.717) is 5.91 Å². The van der Waals surface area contributed by atoms with E-state index >= 15 is 0 Å². The molecule has 1 amide bonds. The summed E-state index contributed by atoms with van der Waals surface area (Å²) in [6.45, 7) is 1.58. The van der Waals surface area contributed by atoms with Gasteiger partial charge in [-0.25, -0.2) is 0 Å². The van der Waals surface area contributed by atoms with Crippen molar-refractivity contribution in [1.82, 2.24) is 4.90 Å². The highest BCUT2D eigenvalue weighted by Gasteiger charge is 2.30. The smallest absolute Gasteiger partial charge is 0.226 e. The van der Waals surface area contributed by atoms with Crippen LogP contribution in [0.4, 0.5) is 0 Å². The van der Waals surface area contributed by atoms with Gasteiger partial charge in [0.15, 0.2) is 0 Å². The van der Waals surface area contributed by atoms with Gasteiger partial charge in [-0.1, -0.05) is 34.5 Å². The van der Waals surface area contributed by atoms with Crippen molar-refractivity contribution in [3.8, 4) is 0 Å². The normalized spacial score (nSPS) is 25.0. The quantitative estimate of drug-likeness (QED) is 0.821. The van der Waals surface area contributed by atoms with Crippen molar-refractivity contribution >= 4 is 34.2 Å². The predicted molar refractivity (Wildman–Crippen MR) is 90.4 cm³/mol. The summed E-state index contributed by atoms with van der Waals surface area (Å²) >= 11 is 3.60. The van der Waals surface area contributed by atoms with Gasteiger partial charge in [0.05, 0.1) is 0 Å². The molecule has 116 valence electrons. The summed E-state index contributed by atoms with van der Waals surface area (Å²) in [4.78, 5) is 14.7. The summed E-state index contributed by atoms with van der Waals surface area (Å²) in [6, 6.07) is 6.47. The summed E-state index contributed by atoms with van der Waals surface area (Å²) in [7, 11) is 0. The van der Waals surface area contributed by atoms with Crippen LogP contribution in [0.25, 0.3) is 0 Å². The lowest BCUT2D eigenvalue weighted by Gasteiger charge is -2.34. The largest absolute Gasteiger partial charge is 0.338 e. The summed E-state index contributed by atoms with van der Waals surface area (Å²) in [5.41, 5.74) is 8.65. The third-order valence-electron chi connectivity index (χ3n) is 4.58. The van der Waals surface area contributed by atoms with Crippen molar-refractivity contribution in [2.24, 2.45) is 11.7 Å². The first-order valence-corrected chi connectivity index (χ1v) is 8.25. The SMILES string of the molecule is Cl.NC1CCCC(C(=O)N2CCc3c(Br)cccc3C2)C1. The Kier molecular flexibility index (Phi) is 5.69. The zero-order chi connectivity index (χ0) is 14.1. The van der Waals surface area contributed by atoms with Crippen LogP contribution in [0.1, 0.15) is 36.8 Å². The zero-order valence-electron chi connectivity index (χ0n) is 12.1. The third kappa shape index (κ3) is 3.61. The van der Waals surface area contributed by atoms with Crippen molar-refractivity contribution in [2.75, 3.05) is 6.54 Å². The molecular weight excluding hydrogens is 352 g/mol. The van der Waals surface area contributed by atoms with Crippen LogP contribution >= 0.6 is 28.3 Å². The van der Waals surface area contributed by atoms with Crippen LogP contribution in [-0.2, 0) is 17.8 Å². The topological polar surface area (TPSA) is 46.3 Å². The van der Waals surface area contributed by atoms with Crippen LogP contribution in [0, 0.1) is 5.92 Å². The monoisotopic (exact) mass is 372 g/mol. The van der Waals surface area contributed by atoms with Crippen LogP contribution in [-0.4, -0.2) is 23.4 Å². The van der Waals surface area contributed by atoms with E-state index in [9.17, 15) is 4.79 Å². The first-order valence-electron chi connectivity index (χ1n) is 7.46. The first kappa shape index (κ1) is 16.8. The van der Waals surface area contributed by atoms with E-state index in [4.69, 9.17) is 5.73 Å². The van der Waals surface area contributed by atoms with E-state index in [0.717, 1.165) is 45.2 Å². The maximum absolute atomic E-state index is 12.7. The average molecular weight is 374 g/mol. The second kappa shape index (κ2) is 7.12. The minimum Gasteiger partial charge on any atom is -0.338 e. The lowest BCUT2D eigenvalue weighted by Crippen LogP contribution is -2.43. The molecule has 1 heterocycles. The number of hydrogen-bond donors (Lipinski definition) is 1. The molecule has 1 aliphatic carbocycles. The van der Waals surface area contributed by atoms with Gasteiger partial charge < -0.3 is 10.6 Å². The van der Waals surface area contributed by atoms with Crippen molar-refractivity contribution in [2.45, 2.75) is 44.7 Å². The summed E-state index contributed by atoms with van der Waals surface area (Å²) in [6.07, 6.45) is 4.98. The van der Waals surface area contributed by atoms with Crippen molar-refractivity contribution in [3.63, 3.8) is 0 Å². The Bertz CT molecular complexity index is 523. The average Bonchev–Trinajstić information content (AvgIpc) is 2.46. The zero-order valence-corrected chi connectivity index (χ0v) is 14.5. The highest BCUT2D eigenvalue weighted by atomic mass is 79.9. The number of hydrogen-bond acceptors (Lipinski definition) is 2. The molecule has 2 N–H and O–H groups in total. The molecule has 1 aliphatic heterocycles. The van der Waals surface area contributed by atoms with E-state index in [2.05, 4.69) is 28.1 Å². The fraction of sp³-hybridized carbons (Fsp3) is 0.562. The summed E-state index contributed by atoms with van der Waals surface area (Å²) in [5.74, 6) is 0.457. The fourth-order valence-corrected chi connectivity index (χ4v) is 4.07. The standard InChI is InChI=1S/C16H21BrN2O.ClH/c17-15-6-2-4-12-10-19(8-7-14(12)15)16(20)11-3-1-5-13(18)9-11;/h2,4,6,11,13H,1,3,5,7-10,18H2;1H. The van der Waals surface area contributed by atoms with Gasteiger partial charge in [0.1, 0.15) is 0 Å². The number of rotatable bonds is 1. The lowest BCUT2D eigenvalue weighted by atomic mass is 9.84. The Morgan fingerprint density at radius 3 is 2.90 bits per heavy atom. The third-order valence-corrected chi connectivity index (χ3v) is 5.33. The molecular formula is C16H22BrClN2O. The van der Waals surface area contributed by atoms with Crippen molar-refractivity contribution < 1.29 is 4.79 Å². The highest BCUT2D eigenvalue weighted by Crippen LogP contribution is 2.30. The Labute approximate surface area is 140 Å². The van der Waals surface area contributed by atoms with Gasteiger partial charge in [-0.2, -0.15) is 0 Å². The van der Waals surface area contributed by atoms with Gasteiger partial charge >= 0.3 is 0 Å². The molecule has 3 nitrogen and oxygen atoms in total. The molecule has 1 aromatic carbocycles. The molecule has 0 saturated heterocycles. The van der Waals surface area contributed by atoms with Gasteiger partial charge in [0.25, 0.3) is 0 Å². The van der Waals surface area contributed by atoms with Crippen LogP contribution in [0.15, 0.2) is 22.7 Å². The van der Waals surface area contributed by atoms with Crippen LogP contribution in [0.3, 0.4) is 0 Å². The molecule has 2 unspecified atom stereocenters. The number of nitrogens with two attached hydrogens (primary N) is 1. The number of carbonyl (C=O) groups excluding carboxylic acids is 1. The number of halogens is 2. The van der Waals surface area contributed by atoms with E-state index in [1.54, 1.807) is 0 Å². The Balaban J connectivity index is 0.00000161. The number of fused-ring (bicyclic) bond motifs is 1. The molecule has 0 radical (unpaired) electrons. The van der Waals surface area contributed by atoms with E-state index in [1.165, 1.54) is 15.6 Å². The van der Waals surface area contributed by atoms with Gasteiger partial charge in [-0.3, -0.25) is 4.79 Å². The van der Waals surface area contributed by atoms with Crippen LogP contribution in [0.5, 0.6) is 0 Å². The maximum Gasteiger partial charge on any atom is 0.226 e. The fourth-order valence-electron chi connectivity index (χ4n) is 3.46. The molecule has 0 aromatic heterocycles. The Hall–Kier alpha value is -0.580. The van der Waals surface area contributed by atoms with Gasteiger partial charge in [-0.05, 0) is 42.9 Å². The Morgan fingerprint density at radius 2 is 2.14 bits per heavy atom. The van der Waals surface area contributed by atoms with E-state index in [1.807, 2.05) is 11.0 Å². The molecule has 2 atom stereocenters. The lowest BCUT2D eigenvalue weighted by molar-refractivity contribution is -0.137. The number of benzene rings is 1. The molecule has 1 saturated carbocycles. The summed E-state index contributed by atoms with van der Waals surface area (Å²) in [5, 5.41) is 0.